The van der Waals surface area contributed by atoms with Crippen LogP contribution in [0.3, 0.4) is 0 Å². The third-order valence-corrected chi connectivity index (χ3v) is 6.35. The van der Waals surface area contributed by atoms with E-state index in [0.29, 0.717) is 18.8 Å². The Kier molecular flexibility index (Phi) is 4.37. The van der Waals surface area contributed by atoms with E-state index in [9.17, 15) is 23.5 Å². The lowest BCUT2D eigenvalue weighted by molar-refractivity contribution is -0.221. The average Bonchev–Trinajstić information content (AvgIpc) is 2.48. The largest absolute Gasteiger partial charge is 0.458 e. The van der Waals surface area contributed by atoms with Crippen LogP contribution < -0.4 is 0 Å². The minimum Gasteiger partial charge on any atom is -0.458 e. The first-order valence-corrected chi connectivity index (χ1v) is 8.92. The maximum absolute atomic E-state index is 12.9. The van der Waals surface area contributed by atoms with Crippen molar-refractivity contribution in [1.82, 2.24) is 0 Å². The van der Waals surface area contributed by atoms with Gasteiger partial charge < -0.3 is 14.6 Å². The molecule has 0 aromatic carbocycles. The van der Waals surface area contributed by atoms with E-state index in [-0.39, 0.29) is 11.8 Å². The van der Waals surface area contributed by atoms with E-state index in [4.69, 9.17) is 4.74 Å². The highest BCUT2D eigenvalue weighted by atomic mass is 19.3. The van der Waals surface area contributed by atoms with Crippen LogP contribution in [0.4, 0.5) is 8.78 Å². The predicted octanol–water partition coefficient (Wildman–Crippen LogP) is 2.69. The van der Waals surface area contributed by atoms with Crippen LogP contribution in [0, 0.1) is 23.7 Å². The summed E-state index contributed by atoms with van der Waals surface area (Å²) in [6.07, 6.45) is 5.35. The van der Waals surface area contributed by atoms with E-state index in [0.717, 1.165) is 32.6 Å². The van der Waals surface area contributed by atoms with Crippen LogP contribution in [0.5, 0.6) is 0 Å². The van der Waals surface area contributed by atoms with E-state index in [1.54, 1.807) is 0 Å². The second-order valence-electron chi connectivity index (χ2n) is 8.62. The summed E-state index contributed by atoms with van der Waals surface area (Å²) in [6, 6.07) is 0. The van der Waals surface area contributed by atoms with Crippen LogP contribution in [0.25, 0.3) is 0 Å². The molecule has 0 aliphatic heterocycles. The lowest BCUT2D eigenvalue weighted by Crippen LogP contribution is -2.60. The number of carbonyl (C=O) groups is 2. The number of esters is 2. The molecule has 0 saturated heterocycles. The van der Waals surface area contributed by atoms with Crippen molar-refractivity contribution >= 4 is 11.9 Å². The van der Waals surface area contributed by atoms with Crippen LogP contribution in [0.2, 0.25) is 0 Å². The van der Waals surface area contributed by atoms with Crippen molar-refractivity contribution in [3.05, 3.63) is 0 Å². The maximum Gasteiger partial charge on any atom is 0.376 e. The van der Waals surface area contributed by atoms with E-state index < -0.39 is 35.7 Å². The van der Waals surface area contributed by atoms with Crippen LogP contribution in [0.15, 0.2) is 0 Å². The zero-order valence-corrected chi connectivity index (χ0v) is 14.9. The summed E-state index contributed by atoms with van der Waals surface area (Å²) in [7, 11) is 0. The Balaban J connectivity index is 1.64. The molecule has 4 rings (SSSR count). The van der Waals surface area contributed by atoms with E-state index in [2.05, 4.69) is 4.74 Å². The van der Waals surface area contributed by atoms with Gasteiger partial charge in [0.15, 0.2) is 5.60 Å². The van der Waals surface area contributed by atoms with Crippen LogP contribution in [-0.4, -0.2) is 40.8 Å². The molecule has 4 aliphatic carbocycles. The monoisotopic (exact) mass is 360 g/mol. The molecule has 4 saturated carbocycles. The predicted molar refractivity (Wildman–Crippen MR) is 83.7 cm³/mol. The molecular weight excluding hydrogens is 334 g/mol. The van der Waals surface area contributed by atoms with Gasteiger partial charge in [-0.2, -0.15) is 8.78 Å². The van der Waals surface area contributed by atoms with Crippen LogP contribution >= 0.6 is 0 Å². The third-order valence-electron chi connectivity index (χ3n) is 6.35. The molecule has 0 spiro atoms. The molecule has 0 aromatic rings. The standard InChI is InChI=1S/C18H26F2O5/c1-16(23,9-24-15(22)18(3,19)20)14(21)25-17(2)12-5-10-4-11(7-12)8-13(17)6-10/h10-13,23H,4-9H2,1-3H3. The molecule has 4 fully saturated rings. The normalized spacial score (nSPS) is 39.0. The molecule has 0 radical (unpaired) electrons. The quantitative estimate of drug-likeness (QED) is 0.763. The summed E-state index contributed by atoms with van der Waals surface area (Å²) in [4.78, 5) is 23.6. The van der Waals surface area contributed by atoms with Gasteiger partial charge in [-0.1, -0.05) is 0 Å². The van der Waals surface area contributed by atoms with Gasteiger partial charge in [-0.3, -0.25) is 0 Å². The number of aliphatic hydroxyl groups is 1. The number of rotatable bonds is 5. The van der Waals surface area contributed by atoms with Crippen LogP contribution in [-0.2, 0) is 19.1 Å². The topological polar surface area (TPSA) is 72.8 Å². The Morgan fingerprint density at radius 2 is 1.52 bits per heavy atom. The summed E-state index contributed by atoms with van der Waals surface area (Å²) in [6.45, 7) is 2.58. The Bertz CT molecular complexity index is 538. The molecule has 142 valence electrons. The SMILES string of the molecule is CC(F)(F)C(=O)OCC(C)(O)C(=O)OC1(C)C2CC3CC(C2)CC1C3. The van der Waals surface area contributed by atoms with Gasteiger partial charge in [-0.05, 0) is 69.6 Å². The van der Waals surface area contributed by atoms with Crippen molar-refractivity contribution in [1.29, 1.82) is 0 Å². The molecule has 1 atom stereocenters. The zero-order valence-electron chi connectivity index (χ0n) is 14.9. The van der Waals surface area contributed by atoms with Crippen molar-refractivity contribution in [3.63, 3.8) is 0 Å². The number of alkyl halides is 2. The minimum atomic E-state index is -3.67. The fraction of sp³-hybridized carbons (Fsp3) is 0.889. The first kappa shape index (κ1) is 18.5. The number of hydrogen-bond donors (Lipinski definition) is 1. The summed E-state index contributed by atoms with van der Waals surface area (Å²) >= 11 is 0. The molecule has 0 heterocycles. The van der Waals surface area contributed by atoms with Crippen LogP contribution in [0.1, 0.15) is 52.9 Å². The molecule has 1 unspecified atom stereocenters. The lowest BCUT2D eigenvalue weighted by Gasteiger charge is -2.59. The van der Waals surface area contributed by atoms with E-state index >= 15 is 0 Å². The van der Waals surface area contributed by atoms with Crippen molar-refractivity contribution < 1.29 is 33.0 Å². The third kappa shape index (κ3) is 3.39. The maximum atomic E-state index is 12.9. The molecule has 4 bridgehead atoms. The van der Waals surface area contributed by atoms with Gasteiger partial charge in [0.1, 0.15) is 12.2 Å². The highest BCUT2D eigenvalue weighted by Crippen LogP contribution is 2.59. The number of hydrogen-bond acceptors (Lipinski definition) is 5. The fourth-order valence-corrected chi connectivity index (χ4v) is 4.99. The van der Waals surface area contributed by atoms with Crippen molar-refractivity contribution in [2.75, 3.05) is 6.61 Å². The van der Waals surface area contributed by atoms with E-state index in [1.165, 1.54) is 6.42 Å². The molecule has 1 N–H and O–H groups in total. The average molecular weight is 360 g/mol. The van der Waals surface area contributed by atoms with Crippen molar-refractivity contribution in [3.8, 4) is 0 Å². The number of halogens is 2. The van der Waals surface area contributed by atoms with Gasteiger partial charge in [0.2, 0.25) is 0 Å². The highest BCUT2D eigenvalue weighted by molar-refractivity contribution is 5.81. The van der Waals surface area contributed by atoms with E-state index in [1.807, 2.05) is 6.92 Å². The summed E-state index contributed by atoms with van der Waals surface area (Å²) in [5.41, 5.74) is -2.80. The summed E-state index contributed by atoms with van der Waals surface area (Å²) < 4.78 is 35.8. The van der Waals surface area contributed by atoms with Gasteiger partial charge in [0.25, 0.3) is 0 Å². The van der Waals surface area contributed by atoms with Gasteiger partial charge in [0, 0.05) is 6.92 Å². The smallest absolute Gasteiger partial charge is 0.376 e. The summed E-state index contributed by atoms with van der Waals surface area (Å²) in [5, 5.41) is 10.3. The first-order valence-electron chi connectivity index (χ1n) is 8.92. The molecule has 5 nitrogen and oxygen atoms in total. The second-order valence-corrected chi connectivity index (χ2v) is 8.62. The number of carbonyl (C=O) groups excluding carboxylic acids is 2. The Morgan fingerprint density at radius 1 is 1.04 bits per heavy atom. The molecular formula is C18H26F2O5. The lowest BCUT2D eigenvalue weighted by atomic mass is 9.50. The molecule has 7 heteroatoms. The van der Waals surface area contributed by atoms with Gasteiger partial charge in [-0.15, -0.1) is 0 Å². The fourth-order valence-electron chi connectivity index (χ4n) is 4.99. The van der Waals surface area contributed by atoms with Crippen molar-refractivity contribution in [2.45, 2.75) is 70.0 Å². The second kappa shape index (κ2) is 5.89. The molecule has 0 amide bonds. The van der Waals surface area contributed by atoms with Crippen molar-refractivity contribution in [2.24, 2.45) is 23.7 Å². The Morgan fingerprint density at radius 3 is 1.96 bits per heavy atom. The van der Waals surface area contributed by atoms with Gasteiger partial charge >= 0.3 is 17.9 Å². The van der Waals surface area contributed by atoms with Gasteiger partial charge in [0.05, 0.1) is 0 Å². The first-order chi connectivity index (χ1) is 11.4. The molecule has 25 heavy (non-hydrogen) atoms. The molecule has 0 aromatic heterocycles. The Hall–Kier alpha value is -1.24. The number of ether oxygens (including phenoxy) is 2. The highest BCUT2D eigenvalue weighted by Gasteiger charge is 2.58. The molecule has 4 aliphatic rings. The zero-order chi connectivity index (χ0) is 18.6. The Labute approximate surface area is 146 Å². The summed E-state index contributed by atoms with van der Waals surface area (Å²) in [5.74, 6) is -4.44. The minimum absolute atomic E-state index is 0.269. The van der Waals surface area contributed by atoms with Gasteiger partial charge in [-0.25, -0.2) is 9.59 Å².